The SMILES string of the molecule is COc1ccc(COC(=O)C2=C(/C=C3\CCN([C@@H]4CCN(C(=O)OC(C)(C)C)C4)C3=O)CSC3[C@H](N=Cc4ccccc4O)C(=O)N23)cc1. The second-order valence-electron chi connectivity index (χ2n) is 13.3. The van der Waals surface area contributed by atoms with Gasteiger partial charge in [0.15, 0.2) is 6.04 Å². The van der Waals surface area contributed by atoms with E-state index in [-0.39, 0.29) is 35.9 Å². The Morgan fingerprint density at radius 3 is 2.55 bits per heavy atom. The third-order valence-corrected chi connectivity index (χ3v) is 10.1. The molecule has 1 N–H and O–H groups in total. The van der Waals surface area contributed by atoms with E-state index in [0.717, 1.165) is 5.56 Å². The maximum atomic E-state index is 13.7. The molecule has 0 aliphatic carbocycles. The summed E-state index contributed by atoms with van der Waals surface area (Å²) in [6.07, 6.45) is 3.91. The fourth-order valence-corrected chi connectivity index (χ4v) is 7.54. The van der Waals surface area contributed by atoms with Gasteiger partial charge < -0.3 is 29.1 Å². The van der Waals surface area contributed by atoms with E-state index in [1.807, 2.05) is 20.8 Å². The number of allylic oxidation sites excluding steroid dienone is 1. The molecule has 4 aliphatic rings. The summed E-state index contributed by atoms with van der Waals surface area (Å²) in [4.78, 5) is 62.9. The Labute approximate surface area is 289 Å². The molecule has 4 heterocycles. The van der Waals surface area contributed by atoms with E-state index in [9.17, 15) is 24.3 Å². The highest BCUT2D eigenvalue weighted by atomic mass is 32.2. The van der Waals surface area contributed by atoms with Crippen molar-refractivity contribution in [2.75, 3.05) is 32.5 Å². The Hall–Kier alpha value is -4.78. The minimum Gasteiger partial charge on any atom is -0.507 e. The summed E-state index contributed by atoms with van der Waals surface area (Å²) in [5, 5.41) is 9.69. The highest BCUT2D eigenvalue weighted by molar-refractivity contribution is 8.00. The number of aliphatic imine (C=N–C) groups is 1. The van der Waals surface area contributed by atoms with Crippen LogP contribution < -0.4 is 4.74 Å². The number of β-lactam (4-membered cyclic amide) rings is 1. The number of carbonyl (C=O) groups excluding carboxylic acids is 4. The van der Waals surface area contributed by atoms with Crippen molar-refractivity contribution >= 4 is 41.9 Å². The standard InChI is InChI=1S/C36H40N4O8S/c1-36(2,3)48-35(45)38-15-14-26(19-38)39-16-13-23(31(39)42)17-25-21-49-33-29(37-18-24-7-5-6-8-28(24)41)32(43)40(33)30(25)34(44)47-20-22-9-11-27(46-4)12-10-22/h5-12,17-18,26,29,33,41H,13-16,19-21H2,1-4H3/b23-17+,37-18?/t26-,29-,33?/m1/s1. The van der Waals surface area contributed by atoms with Gasteiger partial charge in [0.05, 0.1) is 13.2 Å². The van der Waals surface area contributed by atoms with Crippen molar-refractivity contribution < 1.29 is 38.5 Å². The molecule has 0 spiro atoms. The Bertz CT molecular complexity index is 1730. The van der Waals surface area contributed by atoms with Crippen LogP contribution in [-0.4, -0.2) is 105 Å². The average Bonchev–Trinajstić information content (AvgIpc) is 3.70. The van der Waals surface area contributed by atoms with E-state index in [1.165, 1.54) is 22.9 Å². The Balaban J connectivity index is 1.22. The van der Waals surface area contributed by atoms with Crippen molar-refractivity contribution in [2.24, 2.45) is 4.99 Å². The molecule has 258 valence electrons. The minimum absolute atomic E-state index is 0.0204. The summed E-state index contributed by atoms with van der Waals surface area (Å²) < 4.78 is 16.5. The number of phenolic OH excluding ortho intramolecular Hbond substituents is 1. The number of ether oxygens (including phenoxy) is 3. The number of rotatable bonds is 8. The Morgan fingerprint density at radius 2 is 1.84 bits per heavy atom. The first-order valence-electron chi connectivity index (χ1n) is 16.2. The van der Waals surface area contributed by atoms with E-state index in [0.29, 0.717) is 60.7 Å². The minimum atomic E-state index is -0.748. The first-order valence-corrected chi connectivity index (χ1v) is 17.3. The lowest BCUT2D eigenvalue weighted by Crippen LogP contribution is -2.64. The molecule has 0 aromatic heterocycles. The van der Waals surface area contributed by atoms with Crippen molar-refractivity contribution in [3.8, 4) is 11.5 Å². The summed E-state index contributed by atoms with van der Waals surface area (Å²) in [6, 6.07) is 12.9. The van der Waals surface area contributed by atoms with Crippen LogP contribution in [-0.2, 0) is 30.5 Å². The van der Waals surface area contributed by atoms with Crippen LogP contribution in [0.25, 0.3) is 0 Å². The quantitative estimate of drug-likeness (QED) is 0.187. The highest BCUT2D eigenvalue weighted by Crippen LogP contribution is 2.43. The van der Waals surface area contributed by atoms with E-state index < -0.39 is 29.1 Å². The summed E-state index contributed by atoms with van der Waals surface area (Å²) >= 11 is 1.45. The van der Waals surface area contributed by atoms with Gasteiger partial charge in [-0.05, 0) is 75.1 Å². The molecule has 3 saturated heterocycles. The number of carbonyl (C=O) groups is 4. The molecule has 49 heavy (non-hydrogen) atoms. The van der Waals surface area contributed by atoms with Crippen molar-refractivity contribution in [3.05, 3.63) is 82.6 Å². The van der Waals surface area contributed by atoms with Gasteiger partial charge in [0.2, 0.25) is 5.91 Å². The first-order chi connectivity index (χ1) is 23.4. The van der Waals surface area contributed by atoms with E-state index in [1.54, 1.807) is 71.5 Å². The Kier molecular flexibility index (Phi) is 9.73. The van der Waals surface area contributed by atoms with Crippen LogP contribution in [0.4, 0.5) is 4.79 Å². The number of nitrogens with zero attached hydrogens (tertiary/aromatic N) is 4. The lowest BCUT2D eigenvalue weighted by atomic mass is 10.0. The highest BCUT2D eigenvalue weighted by Gasteiger charge is 2.54. The van der Waals surface area contributed by atoms with Crippen molar-refractivity contribution in [1.82, 2.24) is 14.7 Å². The van der Waals surface area contributed by atoms with Gasteiger partial charge in [-0.15, -0.1) is 11.8 Å². The number of para-hydroxylation sites is 1. The molecule has 2 aromatic carbocycles. The number of methoxy groups -OCH3 is 1. The van der Waals surface area contributed by atoms with Gasteiger partial charge in [0.1, 0.15) is 34.8 Å². The van der Waals surface area contributed by atoms with E-state index in [2.05, 4.69) is 4.99 Å². The molecule has 3 atom stereocenters. The largest absolute Gasteiger partial charge is 0.507 e. The normalized spacial score (nSPS) is 23.3. The molecular formula is C36H40N4O8S. The predicted molar refractivity (Wildman–Crippen MR) is 183 cm³/mol. The van der Waals surface area contributed by atoms with Crippen LogP contribution in [0.3, 0.4) is 0 Å². The zero-order valence-corrected chi connectivity index (χ0v) is 28.8. The lowest BCUT2D eigenvalue weighted by Gasteiger charge is -2.47. The number of esters is 1. The van der Waals surface area contributed by atoms with E-state index in [4.69, 9.17) is 14.2 Å². The van der Waals surface area contributed by atoms with Crippen LogP contribution in [0.15, 0.2) is 76.4 Å². The molecule has 0 saturated carbocycles. The molecule has 3 amide bonds. The smallest absolute Gasteiger partial charge is 0.410 e. The Morgan fingerprint density at radius 1 is 1.08 bits per heavy atom. The summed E-state index contributed by atoms with van der Waals surface area (Å²) in [7, 11) is 1.57. The number of thioether (sulfide) groups is 1. The zero-order valence-electron chi connectivity index (χ0n) is 28.0. The molecule has 13 heteroatoms. The average molecular weight is 689 g/mol. The topological polar surface area (TPSA) is 138 Å². The predicted octanol–water partition coefficient (Wildman–Crippen LogP) is 4.27. The molecule has 0 bridgehead atoms. The van der Waals surface area contributed by atoms with Crippen LogP contribution in [0.5, 0.6) is 11.5 Å². The van der Waals surface area contributed by atoms with Gasteiger partial charge in [0, 0.05) is 42.7 Å². The van der Waals surface area contributed by atoms with Crippen LogP contribution in [0.2, 0.25) is 0 Å². The second kappa shape index (κ2) is 14.0. The van der Waals surface area contributed by atoms with Gasteiger partial charge in [-0.25, -0.2) is 9.59 Å². The van der Waals surface area contributed by atoms with Gasteiger partial charge in [0.25, 0.3) is 5.91 Å². The maximum absolute atomic E-state index is 13.7. The number of likely N-dealkylation sites (tertiary alicyclic amines) is 2. The summed E-state index contributed by atoms with van der Waals surface area (Å²) in [5.74, 6) is -0.114. The number of hydrogen-bond acceptors (Lipinski definition) is 10. The molecule has 6 rings (SSSR count). The summed E-state index contributed by atoms with van der Waals surface area (Å²) in [6.45, 7) is 6.82. The molecule has 3 fully saturated rings. The van der Waals surface area contributed by atoms with Crippen molar-refractivity contribution in [1.29, 1.82) is 0 Å². The monoisotopic (exact) mass is 688 g/mol. The zero-order chi connectivity index (χ0) is 34.9. The number of amides is 3. The molecule has 4 aliphatic heterocycles. The van der Waals surface area contributed by atoms with Crippen molar-refractivity contribution in [2.45, 2.75) is 63.3 Å². The van der Waals surface area contributed by atoms with Gasteiger partial charge in [-0.1, -0.05) is 24.3 Å². The van der Waals surface area contributed by atoms with Crippen LogP contribution >= 0.6 is 11.8 Å². The molecule has 12 nitrogen and oxygen atoms in total. The van der Waals surface area contributed by atoms with Crippen LogP contribution in [0.1, 0.15) is 44.7 Å². The molecule has 2 aromatic rings. The number of benzene rings is 2. The lowest BCUT2D eigenvalue weighted by molar-refractivity contribution is -0.151. The molecule has 0 radical (unpaired) electrons. The fraction of sp³-hybridized carbons (Fsp3) is 0.417. The van der Waals surface area contributed by atoms with Gasteiger partial charge in [-0.2, -0.15) is 0 Å². The number of phenols is 1. The third-order valence-electron chi connectivity index (χ3n) is 8.76. The maximum Gasteiger partial charge on any atom is 0.410 e. The second-order valence-corrected chi connectivity index (χ2v) is 14.4. The van der Waals surface area contributed by atoms with Gasteiger partial charge >= 0.3 is 12.1 Å². The van der Waals surface area contributed by atoms with E-state index >= 15 is 0 Å². The number of aromatic hydroxyl groups is 1. The van der Waals surface area contributed by atoms with Gasteiger partial charge in [-0.3, -0.25) is 19.5 Å². The number of fused-ring (bicyclic) bond motifs is 1. The van der Waals surface area contributed by atoms with Crippen LogP contribution in [0, 0.1) is 0 Å². The molecule has 1 unspecified atom stereocenters. The first kappa shape index (κ1) is 34.1. The third kappa shape index (κ3) is 7.31. The summed E-state index contributed by atoms with van der Waals surface area (Å²) in [5.41, 5.74) is 1.79. The van der Waals surface area contributed by atoms with Crippen molar-refractivity contribution in [3.63, 3.8) is 0 Å². The molecular weight excluding hydrogens is 648 g/mol. The fourth-order valence-electron chi connectivity index (χ4n) is 6.24. The number of hydrogen-bond donors (Lipinski definition) is 1.